The van der Waals surface area contributed by atoms with Crippen LogP contribution in [0.1, 0.15) is 32.3 Å². The van der Waals surface area contributed by atoms with Gasteiger partial charge in [0.1, 0.15) is 5.82 Å². The van der Waals surface area contributed by atoms with Crippen molar-refractivity contribution in [2.45, 2.75) is 39.7 Å². The van der Waals surface area contributed by atoms with Gasteiger partial charge in [0, 0.05) is 24.8 Å². The standard InChI is InChI=1S/C18H24FN3O3/c1-4-12(3)20-17(24)18(25)22-8-7-13(10-22)16(23)21-14-5-6-15(19)11(2)9-14/h5-6,9,12-13H,4,7-8,10H2,1-3H3,(H,20,24)(H,21,23). The Bertz CT molecular complexity index is 678. The predicted molar refractivity (Wildman–Crippen MR) is 92.3 cm³/mol. The molecule has 2 N–H and O–H groups in total. The monoisotopic (exact) mass is 349 g/mol. The molecule has 7 heteroatoms. The van der Waals surface area contributed by atoms with Crippen molar-refractivity contribution in [1.29, 1.82) is 0 Å². The zero-order valence-electron chi connectivity index (χ0n) is 14.8. The van der Waals surface area contributed by atoms with Crippen molar-refractivity contribution in [2.24, 2.45) is 5.92 Å². The van der Waals surface area contributed by atoms with Crippen molar-refractivity contribution in [3.8, 4) is 0 Å². The van der Waals surface area contributed by atoms with Gasteiger partial charge in [-0.15, -0.1) is 0 Å². The van der Waals surface area contributed by atoms with Crippen LogP contribution >= 0.6 is 0 Å². The summed E-state index contributed by atoms with van der Waals surface area (Å²) in [6.45, 7) is 5.95. The number of nitrogens with one attached hydrogen (secondary N) is 2. The summed E-state index contributed by atoms with van der Waals surface area (Å²) in [6.07, 6.45) is 1.23. The molecule has 1 saturated heterocycles. The minimum Gasteiger partial charge on any atom is -0.345 e. The highest BCUT2D eigenvalue weighted by atomic mass is 19.1. The number of aryl methyl sites for hydroxylation is 1. The molecule has 1 heterocycles. The first-order chi connectivity index (χ1) is 11.8. The fourth-order valence-electron chi connectivity index (χ4n) is 2.66. The molecule has 1 fully saturated rings. The second-order valence-electron chi connectivity index (χ2n) is 6.47. The quantitative estimate of drug-likeness (QED) is 0.814. The molecule has 1 aromatic carbocycles. The first-order valence-corrected chi connectivity index (χ1v) is 8.48. The van der Waals surface area contributed by atoms with E-state index in [2.05, 4.69) is 10.6 Å². The number of rotatable bonds is 4. The smallest absolute Gasteiger partial charge is 0.311 e. The highest BCUT2D eigenvalue weighted by Crippen LogP contribution is 2.20. The van der Waals surface area contributed by atoms with Crippen LogP contribution in [0.3, 0.4) is 0 Å². The molecule has 3 amide bonds. The maximum atomic E-state index is 13.3. The second kappa shape index (κ2) is 8.09. The van der Waals surface area contributed by atoms with Gasteiger partial charge < -0.3 is 15.5 Å². The SMILES string of the molecule is CCC(C)NC(=O)C(=O)N1CCC(C(=O)Nc2ccc(F)c(C)c2)C1. The number of nitrogens with zero attached hydrogens (tertiary/aromatic N) is 1. The molecule has 0 spiro atoms. The Balaban J connectivity index is 1.90. The lowest BCUT2D eigenvalue weighted by atomic mass is 10.1. The zero-order valence-corrected chi connectivity index (χ0v) is 14.8. The molecule has 1 aromatic rings. The van der Waals surface area contributed by atoms with Crippen LogP contribution in [0.25, 0.3) is 0 Å². The van der Waals surface area contributed by atoms with Crippen LogP contribution in [0.5, 0.6) is 0 Å². The Morgan fingerprint density at radius 1 is 1.36 bits per heavy atom. The van der Waals surface area contributed by atoms with Gasteiger partial charge >= 0.3 is 11.8 Å². The van der Waals surface area contributed by atoms with Crippen LogP contribution < -0.4 is 10.6 Å². The number of halogens is 1. The molecule has 0 bridgehead atoms. The van der Waals surface area contributed by atoms with Gasteiger partial charge in [-0.1, -0.05) is 6.92 Å². The van der Waals surface area contributed by atoms with Gasteiger partial charge in [-0.3, -0.25) is 14.4 Å². The molecule has 0 aromatic heterocycles. The fourth-order valence-corrected chi connectivity index (χ4v) is 2.66. The third-order valence-corrected chi connectivity index (χ3v) is 4.46. The number of anilines is 1. The summed E-state index contributed by atoms with van der Waals surface area (Å²) < 4.78 is 13.3. The van der Waals surface area contributed by atoms with Gasteiger partial charge in [0.2, 0.25) is 5.91 Å². The van der Waals surface area contributed by atoms with E-state index in [9.17, 15) is 18.8 Å². The summed E-state index contributed by atoms with van der Waals surface area (Å²) in [4.78, 5) is 37.8. The third-order valence-electron chi connectivity index (χ3n) is 4.46. The summed E-state index contributed by atoms with van der Waals surface area (Å²) in [5, 5.41) is 5.37. The Morgan fingerprint density at radius 3 is 2.72 bits per heavy atom. The van der Waals surface area contributed by atoms with E-state index in [4.69, 9.17) is 0 Å². The lowest BCUT2D eigenvalue weighted by molar-refractivity contribution is -0.145. The van der Waals surface area contributed by atoms with E-state index in [-0.39, 0.29) is 30.2 Å². The third kappa shape index (κ3) is 4.78. The van der Waals surface area contributed by atoms with E-state index >= 15 is 0 Å². The van der Waals surface area contributed by atoms with Gasteiger partial charge in [-0.05, 0) is 50.5 Å². The van der Waals surface area contributed by atoms with Crippen molar-refractivity contribution >= 4 is 23.4 Å². The minimum atomic E-state index is -0.635. The second-order valence-corrected chi connectivity index (χ2v) is 6.47. The highest BCUT2D eigenvalue weighted by Gasteiger charge is 2.33. The molecular formula is C18H24FN3O3. The number of amides is 3. The van der Waals surface area contributed by atoms with Crippen molar-refractivity contribution in [2.75, 3.05) is 18.4 Å². The Kier molecular flexibility index (Phi) is 6.12. The molecular weight excluding hydrogens is 325 g/mol. The number of carbonyl (C=O) groups is 3. The van der Waals surface area contributed by atoms with Crippen molar-refractivity contribution < 1.29 is 18.8 Å². The molecule has 0 aliphatic carbocycles. The normalized spacial score (nSPS) is 17.9. The molecule has 25 heavy (non-hydrogen) atoms. The van der Waals surface area contributed by atoms with E-state index < -0.39 is 11.8 Å². The molecule has 6 nitrogen and oxygen atoms in total. The molecule has 2 unspecified atom stereocenters. The Hall–Kier alpha value is -2.44. The molecule has 0 radical (unpaired) electrons. The maximum Gasteiger partial charge on any atom is 0.311 e. The first kappa shape index (κ1) is 18.9. The van der Waals surface area contributed by atoms with Crippen molar-refractivity contribution in [3.05, 3.63) is 29.6 Å². The van der Waals surface area contributed by atoms with Gasteiger partial charge in [0.15, 0.2) is 0 Å². The molecule has 2 rings (SSSR count). The van der Waals surface area contributed by atoms with Gasteiger partial charge in [-0.2, -0.15) is 0 Å². The van der Waals surface area contributed by atoms with Gasteiger partial charge in [-0.25, -0.2) is 4.39 Å². The van der Waals surface area contributed by atoms with E-state index in [0.717, 1.165) is 6.42 Å². The van der Waals surface area contributed by atoms with E-state index in [0.29, 0.717) is 24.2 Å². The van der Waals surface area contributed by atoms with Crippen LogP contribution in [-0.2, 0) is 14.4 Å². The average Bonchev–Trinajstić information content (AvgIpc) is 3.07. The van der Waals surface area contributed by atoms with Gasteiger partial charge in [0.05, 0.1) is 5.92 Å². The lowest BCUT2D eigenvalue weighted by Crippen LogP contribution is -2.45. The Labute approximate surface area is 146 Å². The molecule has 136 valence electrons. The van der Waals surface area contributed by atoms with Crippen LogP contribution in [0.2, 0.25) is 0 Å². The van der Waals surface area contributed by atoms with Crippen LogP contribution in [-0.4, -0.2) is 41.8 Å². The van der Waals surface area contributed by atoms with Crippen molar-refractivity contribution in [3.63, 3.8) is 0 Å². The topological polar surface area (TPSA) is 78.5 Å². The molecule has 2 atom stereocenters. The summed E-state index contributed by atoms with van der Waals surface area (Å²) in [5.41, 5.74) is 0.964. The number of hydrogen-bond acceptors (Lipinski definition) is 3. The summed E-state index contributed by atoms with van der Waals surface area (Å²) >= 11 is 0. The zero-order chi connectivity index (χ0) is 18.6. The fraction of sp³-hybridized carbons (Fsp3) is 0.500. The van der Waals surface area contributed by atoms with Gasteiger partial charge in [0.25, 0.3) is 0 Å². The predicted octanol–water partition coefficient (Wildman–Crippen LogP) is 1.84. The van der Waals surface area contributed by atoms with Crippen LogP contribution in [0, 0.1) is 18.7 Å². The number of benzene rings is 1. The average molecular weight is 349 g/mol. The molecule has 1 aliphatic heterocycles. The number of likely N-dealkylation sites (tertiary alicyclic amines) is 1. The first-order valence-electron chi connectivity index (χ1n) is 8.48. The summed E-state index contributed by atoms with van der Waals surface area (Å²) in [7, 11) is 0. The molecule has 1 aliphatic rings. The van der Waals surface area contributed by atoms with E-state index in [1.807, 2.05) is 13.8 Å². The largest absolute Gasteiger partial charge is 0.345 e. The highest BCUT2D eigenvalue weighted by molar-refractivity contribution is 6.35. The number of carbonyl (C=O) groups excluding carboxylic acids is 3. The lowest BCUT2D eigenvalue weighted by Gasteiger charge is -2.18. The van der Waals surface area contributed by atoms with Crippen molar-refractivity contribution in [1.82, 2.24) is 10.2 Å². The van der Waals surface area contributed by atoms with E-state index in [1.54, 1.807) is 13.0 Å². The van der Waals surface area contributed by atoms with Crippen LogP contribution in [0.15, 0.2) is 18.2 Å². The molecule has 0 saturated carbocycles. The minimum absolute atomic E-state index is 0.0696. The summed E-state index contributed by atoms with van der Waals surface area (Å²) in [6, 6.07) is 4.29. The Morgan fingerprint density at radius 2 is 2.08 bits per heavy atom. The maximum absolute atomic E-state index is 13.3. The van der Waals surface area contributed by atoms with Crippen LogP contribution in [0.4, 0.5) is 10.1 Å². The number of hydrogen-bond donors (Lipinski definition) is 2. The van der Waals surface area contributed by atoms with E-state index in [1.165, 1.54) is 17.0 Å². The summed E-state index contributed by atoms with van der Waals surface area (Å²) in [5.74, 6) is -2.19.